The van der Waals surface area contributed by atoms with Gasteiger partial charge in [-0.05, 0) is 73.2 Å². The molecule has 1 unspecified atom stereocenters. The number of hydrogen-bond acceptors (Lipinski definition) is 4. The monoisotopic (exact) mass is 422 g/mol. The molecule has 30 heavy (non-hydrogen) atoms. The summed E-state index contributed by atoms with van der Waals surface area (Å²) in [6.45, 7) is 2.00. The second-order valence-corrected chi connectivity index (χ2v) is 7.25. The normalized spacial score (nSPS) is 11.8. The highest BCUT2D eigenvalue weighted by molar-refractivity contribution is 6.28. The van der Waals surface area contributed by atoms with Gasteiger partial charge in [-0.3, -0.25) is 0 Å². The van der Waals surface area contributed by atoms with E-state index in [1.54, 1.807) is 17.7 Å². The summed E-state index contributed by atoms with van der Waals surface area (Å²) in [5.74, 6) is 7.68. The number of halogens is 2. The number of aryl methyl sites for hydroxylation is 1. The lowest BCUT2D eigenvalue weighted by molar-refractivity contribution is 0.341. The minimum Gasteiger partial charge on any atom is -0.467 e. The van der Waals surface area contributed by atoms with Gasteiger partial charge in [0.15, 0.2) is 5.82 Å². The molecule has 0 aliphatic heterocycles. The number of alkyl halides is 1. The Hall–Kier alpha value is -3.30. The van der Waals surface area contributed by atoms with Gasteiger partial charge in [0.05, 0.1) is 19.0 Å². The molecule has 4 aromatic rings. The number of hydrogen-bond donors (Lipinski definition) is 1. The predicted octanol–water partition coefficient (Wildman–Crippen LogP) is 5.28. The highest BCUT2D eigenvalue weighted by Gasteiger charge is 2.16. The fraction of sp³-hybridized carbons (Fsp3) is 0.217. The summed E-state index contributed by atoms with van der Waals surface area (Å²) in [5, 5.41) is 7.68. The molecule has 1 aromatic carbocycles. The van der Waals surface area contributed by atoms with E-state index >= 15 is 0 Å². The molecule has 0 radical (unpaired) electrons. The molecule has 0 fully saturated rings. The van der Waals surface area contributed by atoms with E-state index in [0.29, 0.717) is 30.9 Å². The van der Waals surface area contributed by atoms with Gasteiger partial charge in [0.25, 0.3) is 0 Å². The van der Waals surface area contributed by atoms with Gasteiger partial charge >= 0.3 is 0 Å². The Bertz CT molecular complexity index is 1190. The Morgan fingerprint density at radius 3 is 2.77 bits per heavy atom. The number of nitrogens with one attached hydrogen (secondary N) is 1. The first-order valence-electron chi connectivity index (χ1n) is 9.65. The molecule has 0 bridgehead atoms. The lowest BCUT2D eigenvalue weighted by Crippen LogP contribution is -2.06. The number of furan rings is 1. The van der Waals surface area contributed by atoms with Crippen molar-refractivity contribution < 1.29 is 8.81 Å². The number of rotatable bonds is 6. The van der Waals surface area contributed by atoms with Crippen LogP contribution in [0.2, 0.25) is 5.28 Å². The topological polar surface area (TPSA) is 55.4 Å². The van der Waals surface area contributed by atoms with Gasteiger partial charge in [-0.15, -0.1) is 5.10 Å². The maximum absolute atomic E-state index is 13.5. The molecule has 3 aromatic heterocycles. The summed E-state index contributed by atoms with van der Waals surface area (Å²) in [7, 11) is 0. The summed E-state index contributed by atoms with van der Waals surface area (Å²) >= 11 is 6.20. The van der Waals surface area contributed by atoms with Crippen molar-refractivity contribution in [3.8, 4) is 11.8 Å². The van der Waals surface area contributed by atoms with Gasteiger partial charge in [0.2, 0.25) is 5.28 Å². The van der Waals surface area contributed by atoms with Crippen LogP contribution < -0.4 is 5.32 Å². The van der Waals surface area contributed by atoms with Crippen LogP contribution in [-0.2, 0) is 13.0 Å². The van der Waals surface area contributed by atoms with Crippen LogP contribution in [0.3, 0.4) is 0 Å². The molecule has 7 heteroatoms. The summed E-state index contributed by atoms with van der Waals surface area (Å²) in [5.41, 5.74) is 3.19. The van der Waals surface area contributed by atoms with Crippen molar-refractivity contribution in [2.45, 2.75) is 32.5 Å². The van der Waals surface area contributed by atoms with Gasteiger partial charge in [0.1, 0.15) is 17.0 Å². The fourth-order valence-electron chi connectivity index (χ4n) is 3.12. The number of nitrogens with zero attached hydrogens (tertiary/aromatic N) is 3. The third-order valence-corrected chi connectivity index (χ3v) is 4.77. The summed E-state index contributed by atoms with van der Waals surface area (Å²) < 4.78 is 20.6. The van der Waals surface area contributed by atoms with Crippen LogP contribution in [-0.4, -0.2) is 20.8 Å². The number of anilines is 1. The minimum absolute atomic E-state index is 0.0909. The molecule has 152 valence electrons. The van der Waals surface area contributed by atoms with Crippen LogP contribution in [0.1, 0.15) is 35.9 Å². The zero-order valence-electron chi connectivity index (χ0n) is 16.4. The molecule has 0 saturated heterocycles. The Kier molecular flexibility index (Phi) is 6.01. The third-order valence-electron chi connectivity index (χ3n) is 4.60. The van der Waals surface area contributed by atoms with E-state index in [0.717, 1.165) is 22.4 Å². The molecule has 5 nitrogen and oxygen atoms in total. The van der Waals surface area contributed by atoms with E-state index in [2.05, 4.69) is 27.2 Å². The fourth-order valence-corrected chi connectivity index (χ4v) is 3.28. The zero-order valence-corrected chi connectivity index (χ0v) is 17.2. The Labute approximate surface area is 178 Å². The van der Waals surface area contributed by atoms with Gasteiger partial charge < -0.3 is 9.73 Å². The second kappa shape index (κ2) is 9.02. The minimum atomic E-state index is -0.908. The molecule has 0 spiro atoms. The van der Waals surface area contributed by atoms with E-state index in [9.17, 15) is 4.39 Å². The van der Waals surface area contributed by atoms with E-state index < -0.39 is 6.17 Å². The summed E-state index contributed by atoms with van der Waals surface area (Å²) in [4.78, 5) is 4.33. The van der Waals surface area contributed by atoms with Crippen LogP contribution in [0, 0.1) is 11.8 Å². The number of fused-ring (bicyclic) bond motifs is 1. The van der Waals surface area contributed by atoms with Crippen molar-refractivity contribution in [1.82, 2.24) is 14.6 Å². The molecule has 0 aliphatic rings. The average Bonchev–Trinajstić information content (AvgIpc) is 3.37. The van der Waals surface area contributed by atoms with Crippen LogP contribution in [0.25, 0.3) is 5.52 Å². The predicted molar refractivity (Wildman–Crippen MR) is 115 cm³/mol. The first-order chi connectivity index (χ1) is 14.6. The van der Waals surface area contributed by atoms with Gasteiger partial charge in [-0.2, -0.15) is 4.98 Å². The van der Waals surface area contributed by atoms with Crippen LogP contribution in [0.5, 0.6) is 0 Å². The molecule has 1 atom stereocenters. The number of benzene rings is 1. The third kappa shape index (κ3) is 4.64. The van der Waals surface area contributed by atoms with Crippen molar-refractivity contribution in [3.63, 3.8) is 0 Å². The molecule has 0 amide bonds. The Balaban J connectivity index is 1.77. The van der Waals surface area contributed by atoms with Crippen molar-refractivity contribution in [2.75, 3.05) is 5.32 Å². The van der Waals surface area contributed by atoms with Crippen LogP contribution in [0.4, 0.5) is 10.2 Å². The van der Waals surface area contributed by atoms with E-state index in [1.165, 1.54) is 0 Å². The van der Waals surface area contributed by atoms with E-state index in [-0.39, 0.29) is 5.28 Å². The zero-order chi connectivity index (χ0) is 20.9. The van der Waals surface area contributed by atoms with E-state index in [1.807, 2.05) is 48.5 Å². The molecule has 4 rings (SSSR count). The van der Waals surface area contributed by atoms with Crippen LogP contribution >= 0.6 is 11.6 Å². The average molecular weight is 423 g/mol. The Morgan fingerprint density at radius 1 is 1.20 bits per heavy atom. The number of aromatic nitrogens is 3. The van der Waals surface area contributed by atoms with Crippen LogP contribution in [0.15, 0.2) is 59.2 Å². The lowest BCUT2D eigenvalue weighted by Gasteiger charge is -2.06. The summed E-state index contributed by atoms with van der Waals surface area (Å²) in [6.07, 6.45) is 1.64. The van der Waals surface area contributed by atoms with Gasteiger partial charge in [0, 0.05) is 5.56 Å². The first-order valence-corrected chi connectivity index (χ1v) is 10.0. The van der Waals surface area contributed by atoms with Crippen molar-refractivity contribution in [1.29, 1.82) is 0 Å². The largest absolute Gasteiger partial charge is 0.467 e. The SMILES string of the molecule is CC(F)CCc1cc2c(NCc3ccco3)nc(Cl)nn2c1C#Cc1ccccc1. The summed E-state index contributed by atoms with van der Waals surface area (Å²) in [6, 6.07) is 15.3. The molecule has 0 aliphatic carbocycles. The first kappa shape index (κ1) is 20.0. The van der Waals surface area contributed by atoms with Gasteiger partial charge in [-0.1, -0.05) is 24.1 Å². The molecule has 0 saturated carbocycles. The standard InChI is InChI=1S/C23H20ClFN4O/c1-16(25)9-11-18-14-21-22(26-15-19-8-5-13-30-19)27-23(24)28-29(21)20(18)12-10-17-6-3-2-4-7-17/h2-8,13-14,16H,9,11,15H2,1H3,(H,26,27,28). The van der Waals surface area contributed by atoms with Crippen molar-refractivity contribution in [2.24, 2.45) is 0 Å². The molecule has 1 N–H and O–H groups in total. The maximum Gasteiger partial charge on any atom is 0.243 e. The maximum atomic E-state index is 13.5. The Morgan fingerprint density at radius 2 is 2.03 bits per heavy atom. The highest BCUT2D eigenvalue weighted by atomic mass is 35.5. The lowest BCUT2D eigenvalue weighted by atomic mass is 10.1. The van der Waals surface area contributed by atoms with Gasteiger partial charge in [-0.25, -0.2) is 8.91 Å². The highest BCUT2D eigenvalue weighted by Crippen LogP contribution is 2.25. The second-order valence-electron chi connectivity index (χ2n) is 6.91. The van der Waals surface area contributed by atoms with Crippen molar-refractivity contribution >= 4 is 22.9 Å². The van der Waals surface area contributed by atoms with E-state index in [4.69, 9.17) is 16.0 Å². The van der Waals surface area contributed by atoms with Crippen molar-refractivity contribution in [3.05, 3.63) is 82.7 Å². The molecule has 3 heterocycles. The smallest absolute Gasteiger partial charge is 0.243 e. The molecular weight excluding hydrogens is 403 g/mol. The molecular formula is C23H20ClFN4O. The quantitative estimate of drug-likeness (QED) is 0.429.